The number of fused-ring (bicyclic) bond motifs is 5. The lowest BCUT2D eigenvalue weighted by molar-refractivity contribution is 0.332. The number of aryl methyl sites for hydroxylation is 2. The molecule has 1 aliphatic carbocycles. The summed E-state index contributed by atoms with van der Waals surface area (Å²) in [6.07, 6.45) is 2.18. The van der Waals surface area contributed by atoms with E-state index in [0.29, 0.717) is 5.56 Å². The maximum atomic E-state index is 9.19. The maximum Gasteiger partial charge on any atom is 0.252 e. The third kappa shape index (κ3) is 6.77. The van der Waals surface area contributed by atoms with E-state index in [4.69, 9.17) is 0 Å². The first-order valence-electron chi connectivity index (χ1n) is 24.9. The van der Waals surface area contributed by atoms with Crippen molar-refractivity contribution in [3.8, 4) is 33.4 Å². The van der Waals surface area contributed by atoms with E-state index in [1.54, 1.807) is 0 Å². The van der Waals surface area contributed by atoms with Gasteiger partial charge in [-0.25, -0.2) is 0 Å². The molecule has 8 aromatic rings. The van der Waals surface area contributed by atoms with Crippen LogP contribution in [0.5, 0.6) is 0 Å². The Bertz CT molecular complexity index is 3270. The molecule has 0 unspecified atom stereocenters. The summed E-state index contributed by atoms with van der Waals surface area (Å²) < 4.78 is 27.6. The zero-order valence-corrected chi connectivity index (χ0v) is 39.1. The standard InChI is InChI=1S/C62H59BN2/c1-40-33-57-59-58(34-40)65(54-35-45(26-25-41(54)2)42-19-13-10-14-20-42)56-39-50-49(61(6,7)31-32-62(50,8)9)38-52(56)63(59)51-29-27-46(43-21-15-11-16-22-43)36-55(51)64(57)53-30-28-47(60(3,4)5)37-48(53)44-23-17-12-18-24-44/h10-30,33-39H,31-32H2,1-9H3/i1D3. The molecule has 0 aromatic heterocycles. The SMILES string of the molecule is [2H]C([2H])([2H])c1cc2c3c(c1)N(c1ccc(C(C)(C)C)cc1-c1ccccc1)c1cc(-c4ccccc4)ccc1B3c1cc3c(cc1N2c1cc(-c2ccccc2)ccc1C)C(C)(C)CCC3(C)C. The fourth-order valence-electron chi connectivity index (χ4n) is 11.1. The summed E-state index contributed by atoms with van der Waals surface area (Å²) in [5, 5.41) is 0. The minimum atomic E-state index is -2.40. The molecule has 11 rings (SSSR count). The fourth-order valence-corrected chi connectivity index (χ4v) is 11.1. The van der Waals surface area contributed by atoms with Crippen molar-refractivity contribution in [2.24, 2.45) is 0 Å². The van der Waals surface area contributed by atoms with Gasteiger partial charge in [0.05, 0.1) is 5.69 Å². The summed E-state index contributed by atoms with van der Waals surface area (Å²) in [7, 11) is 0. The summed E-state index contributed by atoms with van der Waals surface area (Å²) in [6, 6.07) is 61.6. The first kappa shape index (κ1) is 37.8. The van der Waals surface area contributed by atoms with Crippen LogP contribution in [0, 0.1) is 13.8 Å². The molecule has 65 heavy (non-hydrogen) atoms. The van der Waals surface area contributed by atoms with Gasteiger partial charge in [0.2, 0.25) is 0 Å². The highest BCUT2D eigenvalue weighted by atomic mass is 15.2. The van der Waals surface area contributed by atoms with Gasteiger partial charge in [-0.2, -0.15) is 0 Å². The highest BCUT2D eigenvalue weighted by Crippen LogP contribution is 2.52. The van der Waals surface area contributed by atoms with Crippen LogP contribution < -0.4 is 26.2 Å². The van der Waals surface area contributed by atoms with Crippen molar-refractivity contribution >= 4 is 57.2 Å². The van der Waals surface area contributed by atoms with Crippen molar-refractivity contribution in [3.05, 3.63) is 198 Å². The first-order valence-corrected chi connectivity index (χ1v) is 23.4. The summed E-state index contributed by atoms with van der Waals surface area (Å²) in [5.41, 5.74) is 21.5. The Kier molecular flexibility index (Phi) is 8.71. The Morgan fingerprint density at radius 2 is 1.00 bits per heavy atom. The molecular formula is C62H59BN2. The molecular weight excluding hydrogens is 784 g/mol. The second-order valence-corrected chi connectivity index (χ2v) is 21.1. The van der Waals surface area contributed by atoms with Gasteiger partial charge < -0.3 is 9.80 Å². The van der Waals surface area contributed by atoms with E-state index in [9.17, 15) is 4.11 Å². The van der Waals surface area contributed by atoms with Gasteiger partial charge in [0, 0.05) is 38.1 Å². The van der Waals surface area contributed by atoms with Crippen LogP contribution in [-0.4, -0.2) is 6.71 Å². The van der Waals surface area contributed by atoms with Crippen LogP contribution in [0.3, 0.4) is 0 Å². The smallest absolute Gasteiger partial charge is 0.252 e. The minimum absolute atomic E-state index is 0.0395. The van der Waals surface area contributed by atoms with Gasteiger partial charge in [-0.15, -0.1) is 0 Å². The van der Waals surface area contributed by atoms with E-state index in [1.807, 2.05) is 12.1 Å². The van der Waals surface area contributed by atoms with Crippen LogP contribution in [0.2, 0.25) is 0 Å². The highest BCUT2D eigenvalue weighted by Gasteiger charge is 2.47. The van der Waals surface area contributed by atoms with Gasteiger partial charge in [-0.05, 0) is 157 Å². The summed E-state index contributed by atoms with van der Waals surface area (Å²) in [5.74, 6) is 0. The molecule has 320 valence electrons. The van der Waals surface area contributed by atoms with Crippen LogP contribution in [0.25, 0.3) is 33.4 Å². The van der Waals surface area contributed by atoms with E-state index >= 15 is 0 Å². The van der Waals surface area contributed by atoms with Crippen LogP contribution in [-0.2, 0) is 16.2 Å². The number of benzene rings is 8. The quantitative estimate of drug-likeness (QED) is 0.159. The van der Waals surface area contributed by atoms with E-state index in [0.717, 1.165) is 91.4 Å². The van der Waals surface area contributed by atoms with Crippen LogP contribution in [0.15, 0.2) is 170 Å². The fraction of sp³-hybridized carbons (Fsp3) is 0.226. The van der Waals surface area contributed by atoms with E-state index in [2.05, 4.69) is 223 Å². The molecule has 0 atom stereocenters. The Labute approximate surface area is 391 Å². The minimum Gasteiger partial charge on any atom is -0.311 e. The van der Waals surface area contributed by atoms with Crippen molar-refractivity contribution in [3.63, 3.8) is 0 Å². The second kappa shape index (κ2) is 15.0. The molecule has 0 spiro atoms. The van der Waals surface area contributed by atoms with Crippen LogP contribution in [0.1, 0.15) is 93.2 Å². The molecule has 0 fully saturated rings. The normalized spacial score (nSPS) is 16.4. The Hall–Kier alpha value is -6.58. The Morgan fingerprint density at radius 3 is 1.58 bits per heavy atom. The van der Waals surface area contributed by atoms with E-state index < -0.39 is 6.85 Å². The van der Waals surface area contributed by atoms with Gasteiger partial charge in [-0.3, -0.25) is 0 Å². The molecule has 0 amide bonds. The van der Waals surface area contributed by atoms with E-state index in [1.165, 1.54) is 27.6 Å². The van der Waals surface area contributed by atoms with Crippen molar-refractivity contribution in [2.75, 3.05) is 9.80 Å². The zero-order chi connectivity index (χ0) is 47.5. The average Bonchev–Trinajstić information content (AvgIpc) is 3.32. The van der Waals surface area contributed by atoms with Crippen molar-refractivity contribution < 1.29 is 4.11 Å². The van der Waals surface area contributed by atoms with Gasteiger partial charge in [-0.1, -0.05) is 176 Å². The topological polar surface area (TPSA) is 6.48 Å². The molecule has 0 N–H and O–H groups in total. The number of nitrogens with zero attached hydrogens (tertiary/aromatic N) is 2. The number of hydrogen-bond donors (Lipinski definition) is 0. The lowest BCUT2D eigenvalue weighted by atomic mass is 9.33. The second-order valence-electron chi connectivity index (χ2n) is 21.1. The molecule has 2 heterocycles. The monoisotopic (exact) mass is 845 g/mol. The lowest BCUT2D eigenvalue weighted by Gasteiger charge is -2.48. The molecule has 3 aliphatic rings. The van der Waals surface area contributed by atoms with Crippen molar-refractivity contribution in [2.45, 2.75) is 91.3 Å². The van der Waals surface area contributed by atoms with Gasteiger partial charge in [0.1, 0.15) is 0 Å². The summed E-state index contributed by atoms with van der Waals surface area (Å²) in [6.45, 7) is 16.0. The lowest BCUT2D eigenvalue weighted by Crippen LogP contribution is -2.62. The average molecular weight is 846 g/mol. The zero-order valence-electron chi connectivity index (χ0n) is 42.1. The van der Waals surface area contributed by atoms with Gasteiger partial charge >= 0.3 is 0 Å². The van der Waals surface area contributed by atoms with Gasteiger partial charge in [0.15, 0.2) is 0 Å². The Morgan fingerprint density at radius 1 is 0.477 bits per heavy atom. The number of rotatable bonds is 5. The molecule has 0 radical (unpaired) electrons. The predicted molar refractivity (Wildman–Crippen MR) is 280 cm³/mol. The van der Waals surface area contributed by atoms with Crippen molar-refractivity contribution in [1.82, 2.24) is 0 Å². The molecule has 2 nitrogen and oxygen atoms in total. The predicted octanol–water partition coefficient (Wildman–Crippen LogP) is 15.0. The molecule has 0 saturated heterocycles. The van der Waals surface area contributed by atoms with Crippen molar-refractivity contribution in [1.29, 1.82) is 0 Å². The molecule has 0 bridgehead atoms. The Balaban J connectivity index is 1.30. The highest BCUT2D eigenvalue weighted by molar-refractivity contribution is 7.00. The molecule has 3 heteroatoms. The molecule has 2 aliphatic heterocycles. The molecule has 0 saturated carbocycles. The molecule has 8 aromatic carbocycles. The third-order valence-electron chi connectivity index (χ3n) is 14.9. The van der Waals surface area contributed by atoms with Gasteiger partial charge in [0.25, 0.3) is 6.71 Å². The van der Waals surface area contributed by atoms with Crippen LogP contribution >= 0.6 is 0 Å². The van der Waals surface area contributed by atoms with Crippen LogP contribution in [0.4, 0.5) is 34.1 Å². The number of hydrogen-bond acceptors (Lipinski definition) is 2. The summed E-state index contributed by atoms with van der Waals surface area (Å²) >= 11 is 0. The maximum absolute atomic E-state index is 9.19. The summed E-state index contributed by atoms with van der Waals surface area (Å²) in [4.78, 5) is 4.84. The third-order valence-corrected chi connectivity index (χ3v) is 14.9. The largest absolute Gasteiger partial charge is 0.311 e. The number of anilines is 6. The van der Waals surface area contributed by atoms with E-state index in [-0.39, 0.29) is 23.0 Å². The first-order chi connectivity index (χ1) is 32.4.